The molecule has 8 heteroatoms. The van der Waals surface area contributed by atoms with E-state index < -0.39 is 29.7 Å². The standard InChI is InChI=1S/C9H10N2O6/c1-11-4-5(3-10-11)2-9(6(12)13,7(14)15)8(16)17/h3-4H,2H2,1H3,(H,12,13)(H,14,15)(H,16,17). The van der Waals surface area contributed by atoms with Gasteiger partial charge in [-0.1, -0.05) is 0 Å². The molecule has 0 radical (unpaired) electrons. The van der Waals surface area contributed by atoms with Crippen molar-refractivity contribution in [2.75, 3.05) is 0 Å². The van der Waals surface area contributed by atoms with Gasteiger partial charge in [-0.25, -0.2) is 0 Å². The van der Waals surface area contributed by atoms with E-state index in [1.807, 2.05) is 0 Å². The van der Waals surface area contributed by atoms with Gasteiger partial charge in [0.25, 0.3) is 5.41 Å². The number of aryl methyl sites for hydroxylation is 1. The summed E-state index contributed by atoms with van der Waals surface area (Å²) < 4.78 is 1.33. The molecule has 0 unspecified atom stereocenters. The third-order valence-electron chi connectivity index (χ3n) is 2.32. The fourth-order valence-electron chi connectivity index (χ4n) is 1.37. The second kappa shape index (κ2) is 4.24. The molecule has 0 bridgehead atoms. The molecule has 0 saturated carbocycles. The van der Waals surface area contributed by atoms with Gasteiger partial charge in [0, 0.05) is 19.7 Å². The molecule has 0 saturated heterocycles. The van der Waals surface area contributed by atoms with Crippen LogP contribution in [0.5, 0.6) is 0 Å². The molecular formula is C9H10N2O6. The summed E-state index contributed by atoms with van der Waals surface area (Å²) in [6, 6.07) is 0. The maximum Gasteiger partial charge on any atom is 0.333 e. The fraction of sp³-hybridized carbons (Fsp3) is 0.333. The Morgan fingerprint density at radius 2 is 1.71 bits per heavy atom. The highest BCUT2D eigenvalue weighted by Gasteiger charge is 2.54. The van der Waals surface area contributed by atoms with Crippen LogP contribution in [0, 0.1) is 5.41 Å². The van der Waals surface area contributed by atoms with Crippen LogP contribution in [-0.2, 0) is 27.9 Å². The molecule has 0 fully saturated rings. The number of carboxylic acids is 3. The van der Waals surface area contributed by atoms with Crippen LogP contribution < -0.4 is 0 Å². The third kappa shape index (κ3) is 2.10. The van der Waals surface area contributed by atoms with E-state index in [9.17, 15) is 14.4 Å². The van der Waals surface area contributed by atoms with Gasteiger partial charge in [-0.15, -0.1) is 0 Å². The van der Waals surface area contributed by atoms with Crippen molar-refractivity contribution < 1.29 is 29.7 Å². The number of hydrogen-bond acceptors (Lipinski definition) is 4. The highest BCUT2D eigenvalue weighted by Crippen LogP contribution is 2.24. The van der Waals surface area contributed by atoms with Crippen LogP contribution in [0.1, 0.15) is 5.56 Å². The Bertz CT molecular complexity index is 442. The van der Waals surface area contributed by atoms with E-state index in [1.165, 1.54) is 17.1 Å². The quantitative estimate of drug-likeness (QED) is 0.576. The molecule has 1 heterocycles. The Hall–Kier alpha value is -2.38. The van der Waals surface area contributed by atoms with Crippen molar-refractivity contribution >= 4 is 17.9 Å². The van der Waals surface area contributed by atoms with Gasteiger partial charge >= 0.3 is 17.9 Å². The average molecular weight is 242 g/mol. The minimum absolute atomic E-state index is 0.222. The molecule has 17 heavy (non-hydrogen) atoms. The topological polar surface area (TPSA) is 130 Å². The number of carbonyl (C=O) groups is 3. The molecule has 1 aromatic heterocycles. The van der Waals surface area contributed by atoms with Crippen molar-refractivity contribution in [1.29, 1.82) is 0 Å². The monoisotopic (exact) mass is 242 g/mol. The van der Waals surface area contributed by atoms with Crippen LogP contribution in [0.4, 0.5) is 0 Å². The van der Waals surface area contributed by atoms with Crippen LogP contribution >= 0.6 is 0 Å². The van der Waals surface area contributed by atoms with Crippen LogP contribution in [-0.4, -0.2) is 43.0 Å². The van der Waals surface area contributed by atoms with Crippen molar-refractivity contribution in [2.24, 2.45) is 12.5 Å². The number of aromatic nitrogens is 2. The lowest BCUT2D eigenvalue weighted by Gasteiger charge is -2.18. The van der Waals surface area contributed by atoms with Gasteiger partial charge in [0.15, 0.2) is 0 Å². The lowest BCUT2D eigenvalue weighted by Crippen LogP contribution is -2.48. The van der Waals surface area contributed by atoms with Gasteiger partial charge in [-0.3, -0.25) is 19.1 Å². The molecule has 1 rings (SSSR count). The van der Waals surface area contributed by atoms with Crippen LogP contribution in [0.15, 0.2) is 12.4 Å². The summed E-state index contributed by atoms with van der Waals surface area (Å²) >= 11 is 0. The summed E-state index contributed by atoms with van der Waals surface area (Å²) in [5.74, 6) is -5.75. The van der Waals surface area contributed by atoms with Gasteiger partial charge in [0.1, 0.15) is 0 Å². The van der Waals surface area contributed by atoms with Crippen molar-refractivity contribution in [3.05, 3.63) is 18.0 Å². The van der Waals surface area contributed by atoms with E-state index >= 15 is 0 Å². The Labute approximate surface area is 95.1 Å². The minimum atomic E-state index is -2.89. The van der Waals surface area contributed by atoms with E-state index in [0.717, 1.165) is 0 Å². The van der Waals surface area contributed by atoms with Gasteiger partial charge in [-0.2, -0.15) is 5.10 Å². The fourth-order valence-corrected chi connectivity index (χ4v) is 1.37. The lowest BCUT2D eigenvalue weighted by molar-refractivity contribution is -0.175. The molecule has 0 aliphatic carbocycles. The highest BCUT2D eigenvalue weighted by molar-refractivity contribution is 6.16. The molecule has 0 aliphatic heterocycles. The van der Waals surface area contributed by atoms with E-state index in [-0.39, 0.29) is 5.56 Å². The summed E-state index contributed by atoms with van der Waals surface area (Å²) in [5, 5.41) is 30.2. The Kier molecular flexibility index (Phi) is 3.16. The van der Waals surface area contributed by atoms with Gasteiger partial charge < -0.3 is 15.3 Å². The zero-order valence-electron chi connectivity index (χ0n) is 8.82. The highest BCUT2D eigenvalue weighted by atomic mass is 16.4. The molecular weight excluding hydrogens is 232 g/mol. The molecule has 0 aromatic carbocycles. The number of rotatable bonds is 5. The van der Waals surface area contributed by atoms with Crippen LogP contribution in [0.2, 0.25) is 0 Å². The molecule has 0 aliphatic rings. The maximum absolute atomic E-state index is 10.9. The maximum atomic E-state index is 10.9. The SMILES string of the molecule is Cn1cc(CC(C(=O)O)(C(=O)O)C(=O)O)cn1. The predicted molar refractivity (Wildman–Crippen MR) is 52.3 cm³/mol. The smallest absolute Gasteiger partial charge is 0.333 e. The Morgan fingerprint density at radius 1 is 1.24 bits per heavy atom. The van der Waals surface area contributed by atoms with Crippen molar-refractivity contribution in [3.63, 3.8) is 0 Å². The van der Waals surface area contributed by atoms with E-state index in [1.54, 1.807) is 7.05 Å². The second-order valence-corrected chi connectivity index (χ2v) is 3.52. The minimum Gasteiger partial charge on any atom is -0.480 e. The van der Waals surface area contributed by atoms with Crippen LogP contribution in [0.3, 0.4) is 0 Å². The zero-order valence-corrected chi connectivity index (χ0v) is 8.82. The summed E-state index contributed by atoms with van der Waals surface area (Å²) in [4.78, 5) is 32.8. The van der Waals surface area contributed by atoms with Crippen molar-refractivity contribution in [1.82, 2.24) is 9.78 Å². The summed E-state index contributed by atoms with van der Waals surface area (Å²) in [6.07, 6.45) is 1.92. The molecule has 3 N–H and O–H groups in total. The molecule has 92 valence electrons. The second-order valence-electron chi connectivity index (χ2n) is 3.52. The molecule has 0 spiro atoms. The van der Waals surface area contributed by atoms with E-state index in [2.05, 4.69) is 5.10 Å². The number of nitrogens with zero attached hydrogens (tertiary/aromatic N) is 2. The van der Waals surface area contributed by atoms with Crippen LogP contribution in [0.25, 0.3) is 0 Å². The van der Waals surface area contributed by atoms with Gasteiger partial charge in [0.2, 0.25) is 0 Å². The van der Waals surface area contributed by atoms with Crippen molar-refractivity contribution in [2.45, 2.75) is 6.42 Å². The average Bonchev–Trinajstić information content (AvgIpc) is 2.58. The first kappa shape index (κ1) is 12.7. The normalized spacial score (nSPS) is 11.1. The Balaban J connectivity index is 3.19. The number of hydrogen-bond donors (Lipinski definition) is 3. The Morgan fingerprint density at radius 3 is 2.00 bits per heavy atom. The van der Waals surface area contributed by atoms with Gasteiger partial charge in [0.05, 0.1) is 6.20 Å². The summed E-state index contributed by atoms with van der Waals surface area (Å²) in [7, 11) is 1.55. The first-order valence-corrected chi connectivity index (χ1v) is 4.48. The first-order valence-electron chi connectivity index (χ1n) is 4.48. The van der Waals surface area contributed by atoms with Gasteiger partial charge in [-0.05, 0) is 5.56 Å². The number of carboxylic acid groups (broad SMARTS) is 3. The summed E-state index contributed by atoms with van der Waals surface area (Å²) in [6.45, 7) is 0. The molecule has 0 atom stereocenters. The molecule has 1 aromatic rings. The lowest BCUT2D eigenvalue weighted by atomic mass is 9.82. The van der Waals surface area contributed by atoms with E-state index in [4.69, 9.17) is 15.3 Å². The van der Waals surface area contributed by atoms with Crippen molar-refractivity contribution in [3.8, 4) is 0 Å². The predicted octanol–water partition coefficient (Wildman–Crippen LogP) is -0.797. The zero-order chi connectivity index (χ0) is 13.2. The molecule has 0 amide bonds. The van der Waals surface area contributed by atoms with E-state index in [0.29, 0.717) is 0 Å². The first-order chi connectivity index (χ1) is 7.80. The third-order valence-corrected chi connectivity index (χ3v) is 2.32. The number of aliphatic carboxylic acids is 3. The molecule has 8 nitrogen and oxygen atoms in total. The summed E-state index contributed by atoms with van der Waals surface area (Å²) in [5.41, 5.74) is -2.66. The largest absolute Gasteiger partial charge is 0.480 e.